The second-order valence-electron chi connectivity index (χ2n) is 2.68. The van der Waals surface area contributed by atoms with Gasteiger partial charge in [-0.1, -0.05) is 11.6 Å². The van der Waals surface area contributed by atoms with Crippen molar-refractivity contribution >= 4 is 40.0 Å². The van der Waals surface area contributed by atoms with Gasteiger partial charge >= 0.3 is 0 Å². The molecule has 1 rings (SSSR count). The SMILES string of the molecule is CC(=O)c1ccc(I)c(C(F)F)c1Cl. The number of hydrogen-bond donors (Lipinski definition) is 0. The van der Waals surface area contributed by atoms with Crippen LogP contribution in [0.2, 0.25) is 5.02 Å². The molecule has 0 N–H and O–H groups in total. The predicted octanol–water partition coefficient (Wildman–Crippen LogP) is 4.08. The molecule has 1 nitrogen and oxygen atoms in total. The minimum atomic E-state index is -2.66. The third-order valence-electron chi connectivity index (χ3n) is 1.72. The fourth-order valence-corrected chi connectivity index (χ4v) is 2.27. The van der Waals surface area contributed by atoms with E-state index < -0.39 is 6.43 Å². The zero-order valence-corrected chi connectivity index (χ0v) is 10.1. The number of halogens is 4. The number of hydrogen-bond acceptors (Lipinski definition) is 1. The molecule has 0 spiro atoms. The van der Waals surface area contributed by atoms with Gasteiger partial charge in [-0.15, -0.1) is 0 Å². The molecular weight excluding hydrogens is 324 g/mol. The van der Waals surface area contributed by atoms with E-state index in [9.17, 15) is 13.6 Å². The van der Waals surface area contributed by atoms with E-state index in [1.807, 2.05) is 0 Å². The van der Waals surface area contributed by atoms with Crippen LogP contribution in [-0.2, 0) is 0 Å². The largest absolute Gasteiger partial charge is 0.294 e. The topological polar surface area (TPSA) is 17.1 Å². The minimum Gasteiger partial charge on any atom is -0.294 e. The lowest BCUT2D eigenvalue weighted by Gasteiger charge is -2.08. The number of ketones is 1. The average molecular weight is 330 g/mol. The molecule has 0 saturated heterocycles. The smallest absolute Gasteiger partial charge is 0.266 e. The molecule has 0 fully saturated rings. The van der Waals surface area contributed by atoms with Crippen LogP contribution in [0.3, 0.4) is 0 Å². The Morgan fingerprint density at radius 1 is 1.50 bits per heavy atom. The van der Waals surface area contributed by atoms with E-state index in [0.717, 1.165) is 0 Å². The fraction of sp³-hybridized carbons (Fsp3) is 0.222. The van der Waals surface area contributed by atoms with Gasteiger partial charge in [-0.3, -0.25) is 4.79 Å². The van der Waals surface area contributed by atoms with Crippen LogP contribution < -0.4 is 0 Å². The summed E-state index contributed by atoms with van der Waals surface area (Å²) in [5.41, 5.74) is -0.123. The summed E-state index contributed by atoms with van der Waals surface area (Å²) in [6, 6.07) is 2.92. The molecule has 5 heteroatoms. The van der Waals surface area contributed by atoms with Gasteiger partial charge in [0.15, 0.2) is 5.78 Å². The normalized spacial score (nSPS) is 10.7. The zero-order valence-electron chi connectivity index (χ0n) is 7.15. The molecule has 0 bridgehead atoms. The number of carbonyl (C=O) groups excluding carboxylic acids is 1. The lowest BCUT2D eigenvalue weighted by molar-refractivity contribution is 0.101. The Kier molecular flexibility index (Phi) is 3.83. The van der Waals surface area contributed by atoms with Crippen LogP contribution >= 0.6 is 34.2 Å². The first-order valence-electron chi connectivity index (χ1n) is 3.72. The first-order valence-corrected chi connectivity index (χ1v) is 5.17. The molecule has 0 radical (unpaired) electrons. The van der Waals surface area contributed by atoms with E-state index in [0.29, 0.717) is 3.57 Å². The van der Waals surface area contributed by atoms with Gasteiger partial charge in [-0.25, -0.2) is 8.78 Å². The van der Waals surface area contributed by atoms with E-state index >= 15 is 0 Å². The Bertz CT molecular complexity index is 379. The number of rotatable bonds is 2. The molecule has 0 unspecified atom stereocenters. The molecule has 0 atom stereocenters. The molecule has 0 aromatic heterocycles. The summed E-state index contributed by atoms with van der Waals surface area (Å²) in [6.07, 6.45) is -2.66. The highest BCUT2D eigenvalue weighted by atomic mass is 127. The van der Waals surface area contributed by atoms with Crippen LogP contribution in [0.1, 0.15) is 29.3 Å². The molecule has 1 aromatic rings. The van der Waals surface area contributed by atoms with Crippen molar-refractivity contribution in [2.45, 2.75) is 13.3 Å². The minimum absolute atomic E-state index is 0.139. The van der Waals surface area contributed by atoms with Crippen molar-refractivity contribution in [3.05, 3.63) is 31.9 Å². The predicted molar refractivity (Wildman–Crippen MR) is 59.1 cm³/mol. The number of carbonyl (C=O) groups is 1. The molecule has 0 saturated carbocycles. The lowest BCUT2D eigenvalue weighted by Crippen LogP contribution is -1.99. The van der Waals surface area contributed by atoms with Crippen molar-refractivity contribution < 1.29 is 13.6 Å². The highest BCUT2D eigenvalue weighted by Gasteiger charge is 2.19. The maximum absolute atomic E-state index is 12.5. The maximum Gasteiger partial charge on any atom is 0.266 e. The molecule has 1 aromatic carbocycles. The van der Waals surface area contributed by atoms with Gasteiger partial charge in [0.1, 0.15) is 0 Å². The highest BCUT2D eigenvalue weighted by Crippen LogP contribution is 2.33. The Labute approximate surface area is 98.6 Å². The summed E-state index contributed by atoms with van der Waals surface area (Å²) in [5, 5.41) is -0.139. The average Bonchev–Trinajstić information content (AvgIpc) is 2.02. The third-order valence-corrected chi connectivity index (χ3v) is 3.07. The fourth-order valence-electron chi connectivity index (χ4n) is 1.04. The molecular formula is C9H6ClF2IO. The summed E-state index contributed by atoms with van der Waals surface area (Å²) < 4.78 is 25.4. The summed E-state index contributed by atoms with van der Waals surface area (Å²) >= 11 is 7.46. The molecule has 76 valence electrons. The van der Waals surface area contributed by atoms with Gasteiger partial charge in [-0.2, -0.15) is 0 Å². The Balaban J connectivity index is 3.41. The van der Waals surface area contributed by atoms with Crippen LogP contribution in [0.15, 0.2) is 12.1 Å². The van der Waals surface area contributed by atoms with Crippen molar-refractivity contribution in [2.75, 3.05) is 0 Å². The number of Topliss-reactive ketones (excluding diaryl/α,β-unsaturated/α-hetero) is 1. The molecule has 0 amide bonds. The molecule has 0 aliphatic heterocycles. The Morgan fingerprint density at radius 3 is 2.50 bits per heavy atom. The van der Waals surface area contributed by atoms with E-state index in [-0.39, 0.29) is 21.9 Å². The van der Waals surface area contributed by atoms with E-state index in [4.69, 9.17) is 11.6 Å². The van der Waals surface area contributed by atoms with Gasteiger partial charge in [0.05, 0.1) is 10.6 Å². The van der Waals surface area contributed by atoms with E-state index in [2.05, 4.69) is 0 Å². The summed E-state index contributed by atoms with van der Waals surface area (Å²) in [6.45, 7) is 1.29. The third kappa shape index (κ3) is 2.23. The number of benzene rings is 1. The molecule has 0 aliphatic carbocycles. The molecule has 0 aliphatic rings. The molecule has 0 heterocycles. The van der Waals surface area contributed by atoms with Gasteiger partial charge in [0.25, 0.3) is 6.43 Å². The monoisotopic (exact) mass is 330 g/mol. The van der Waals surface area contributed by atoms with Crippen molar-refractivity contribution in [1.29, 1.82) is 0 Å². The van der Waals surface area contributed by atoms with Gasteiger partial charge < -0.3 is 0 Å². The van der Waals surface area contributed by atoms with Crippen LogP contribution in [0.5, 0.6) is 0 Å². The quantitative estimate of drug-likeness (QED) is 0.590. The van der Waals surface area contributed by atoms with E-state index in [1.54, 1.807) is 22.6 Å². The van der Waals surface area contributed by atoms with E-state index in [1.165, 1.54) is 19.1 Å². The molecule has 14 heavy (non-hydrogen) atoms. The van der Waals surface area contributed by atoms with Gasteiger partial charge in [0.2, 0.25) is 0 Å². The zero-order chi connectivity index (χ0) is 10.9. The van der Waals surface area contributed by atoms with Crippen LogP contribution in [-0.4, -0.2) is 5.78 Å². The van der Waals surface area contributed by atoms with Crippen molar-refractivity contribution in [1.82, 2.24) is 0 Å². The van der Waals surface area contributed by atoms with Crippen molar-refractivity contribution in [2.24, 2.45) is 0 Å². The van der Waals surface area contributed by atoms with Crippen LogP contribution in [0.25, 0.3) is 0 Å². The maximum atomic E-state index is 12.5. The Morgan fingerprint density at radius 2 is 2.07 bits per heavy atom. The second kappa shape index (κ2) is 4.53. The lowest BCUT2D eigenvalue weighted by atomic mass is 10.1. The highest BCUT2D eigenvalue weighted by molar-refractivity contribution is 14.1. The second-order valence-corrected chi connectivity index (χ2v) is 4.22. The first kappa shape index (κ1) is 11.8. The standard InChI is InChI=1S/C9H6ClF2IO/c1-4(14)5-2-3-6(13)7(8(5)10)9(11)12/h2-3,9H,1H3. The number of alkyl halides is 2. The van der Waals surface area contributed by atoms with Gasteiger partial charge in [-0.05, 0) is 41.6 Å². The summed E-state index contributed by atoms with van der Waals surface area (Å²) in [5.74, 6) is -0.312. The van der Waals surface area contributed by atoms with Crippen LogP contribution in [0.4, 0.5) is 8.78 Å². The first-order chi connectivity index (χ1) is 6.45. The summed E-state index contributed by atoms with van der Waals surface area (Å²) in [4.78, 5) is 11.0. The van der Waals surface area contributed by atoms with Crippen LogP contribution in [0, 0.1) is 3.57 Å². The van der Waals surface area contributed by atoms with Crippen molar-refractivity contribution in [3.63, 3.8) is 0 Å². The van der Waals surface area contributed by atoms with Gasteiger partial charge in [0, 0.05) is 9.13 Å². The van der Waals surface area contributed by atoms with Crippen molar-refractivity contribution in [3.8, 4) is 0 Å². The Hall–Kier alpha value is -0.230. The summed E-state index contributed by atoms with van der Waals surface area (Å²) in [7, 11) is 0.